The van der Waals surface area contributed by atoms with Gasteiger partial charge in [0.2, 0.25) is 0 Å². The van der Waals surface area contributed by atoms with Gasteiger partial charge >= 0.3 is 5.76 Å². The van der Waals surface area contributed by atoms with Gasteiger partial charge in [0.25, 0.3) is 0 Å². The van der Waals surface area contributed by atoms with Crippen molar-refractivity contribution in [1.82, 2.24) is 9.88 Å². The molecule has 1 aromatic carbocycles. The summed E-state index contributed by atoms with van der Waals surface area (Å²) in [6, 6.07) is 4.58. The first kappa shape index (κ1) is 14.0. The molecule has 1 aliphatic rings. The Hall–Kier alpha value is -1.96. The topological polar surface area (TPSA) is 82.4 Å². The molecule has 2 aromatic rings. The monoisotopic (exact) mass is 293 g/mol. The van der Waals surface area contributed by atoms with Gasteiger partial charge in [0.1, 0.15) is 12.1 Å². The molecule has 0 unspecified atom stereocenters. The number of hydrogen-bond donors (Lipinski definition) is 2. The van der Waals surface area contributed by atoms with Crippen LogP contribution in [0.5, 0.6) is 0 Å². The predicted octanol–water partition coefficient (Wildman–Crippen LogP) is 0.689. The van der Waals surface area contributed by atoms with Crippen LogP contribution in [0.25, 0.3) is 5.69 Å². The van der Waals surface area contributed by atoms with Gasteiger partial charge in [-0.05, 0) is 12.1 Å². The van der Waals surface area contributed by atoms with Crippen LogP contribution in [0.4, 0.5) is 4.39 Å². The number of oxazole rings is 1. The number of rotatable bonds is 3. The number of morpholine rings is 1. The number of nitrogens with two attached hydrogens (primary N) is 1. The molecule has 1 atom stereocenters. The number of halogens is 1. The van der Waals surface area contributed by atoms with E-state index in [9.17, 15) is 9.18 Å². The lowest BCUT2D eigenvalue weighted by molar-refractivity contribution is 0.0255. The standard InChI is InChI=1S/C14H16FN3O3/c15-12-5-9(18-10(6-16)8-21-14(18)19)1-2-11(12)13-7-17-3-4-20-13/h1-2,5,8,13,17H,3-4,6-7,16H2/t13-/m1/s1. The maximum absolute atomic E-state index is 14.3. The zero-order valence-corrected chi connectivity index (χ0v) is 11.3. The molecule has 0 radical (unpaired) electrons. The summed E-state index contributed by atoms with van der Waals surface area (Å²) in [7, 11) is 0. The molecule has 7 heteroatoms. The van der Waals surface area contributed by atoms with E-state index >= 15 is 0 Å². The fraction of sp³-hybridized carbons (Fsp3) is 0.357. The molecule has 0 bridgehead atoms. The molecule has 1 saturated heterocycles. The second-order valence-electron chi connectivity index (χ2n) is 4.80. The smallest absolute Gasteiger partial charge is 0.416 e. The van der Waals surface area contributed by atoms with E-state index in [1.54, 1.807) is 12.1 Å². The van der Waals surface area contributed by atoms with E-state index in [4.69, 9.17) is 14.9 Å². The summed E-state index contributed by atoms with van der Waals surface area (Å²) in [6.45, 7) is 2.01. The molecule has 0 amide bonds. The molecule has 3 rings (SSSR count). The van der Waals surface area contributed by atoms with Crippen LogP contribution in [-0.2, 0) is 11.3 Å². The van der Waals surface area contributed by atoms with Crippen LogP contribution in [0.2, 0.25) is 0 Å². The van der Waals surface area contributed by atoms with Crippen LogP contribution in [0, 0.1) is 5.82 Å². The Morgan fingerprint density at radius 2 is 2.33 bits per heavy atom. The quantitative estimate of drug-likeness (QED) is 0.870. The van der Waals surface area contributed by atoms with E-state index < -0.39 is 11.6 Å². The maximum Gasteiger partial charge on any atom is 0.423 e. The van der Waals surface area contributed by atoms with Gasteiger partial charge in [0.05, 0.1) is 24.1 Å². The van der Waals surface area contributed by atoms with Crippen LogP contribution >= 0.6 is 0 Å². The molecule has 1 aliphatic heterocycles. The van der Waals surface area contributed by atoms with Crippen molar-refractivity contribution in [2.45, 2.75) is 12.6 Å². The lowest BCUT2D eigenvalue weighted by Crippen LogP contribution is -2.33. The molecule has 1 fully saturated rings. The summed E-state index contributed by atoms with van der Waals surface area (Å²) in [5, 5.41) is 3.15. The van der Waals surface area contributed by atoms with Crippen molar-refractivity contribution >= 4 is 0 Å². The van der Waals surface area contributed by atoms with Gasteiger partial charge in [-0.25, -0.2) is 13.8 Å². The summed E-state index contributed by atoms with van der Waals surface area (Å²) in [6.07, 6.45) is 0.963. The first-order chi connectivity index (χ1) is 10.2. The number of benzene rings is 1. The fourth-order valence-corrected chi connectivity index (χ4v) is 2.43. The van der Waals surface area contributed by atoms with Crippen LogP contribution in [0.3, 0.4) is 0 Å². The Morgan fingerprint density at radius 1 is 1.48 bits per heavy atom. The Kier molecular flexibility index (Phi) is 3.87. The largest absolute Gasteiger partial charge is 0.423 e. The first-order valence-electron chi connectivity index (χ1n) is 6.72. The summed E-state index contributed by atoms with van der Waals surface area (Å²) >= 11 is 0. The van der Waals surface area contributed by atoms with Crippen LogP contribution in [0.15, 0.2) is 33.7 Å². The van der Waals surface area contributed by atoms with E-state index in [-0.39, 0.29) is 12.6 Å². The first-order valence-corrected chi connectivity index (χ1v) is 6.72. The van der Waals surface area contributed by atoms with Crippen molar-refractivity contribution in [2.75, 3.05) is 19.7 Å². The summed E-state index contributed by atoms with van der Waals surface area (Å²) < 4.78 is 25.9. The zero-order chi connectivity index (χ0) is 14.8. The van der Waals surface area contributed by atoms with Gasteiger partial charge in [-0.2, -0.15) is 0 Å². The molecule has 2 heterocycles. The van der Waals surface area contributed by atoms with Crippen molar-refractivity contribution in [3.8, 4) is 5.69 Å². The lowest BCUT2D eigenvalue weighted by atomic mass is 10.1. The molecule has 1 aromatic heterocycles. The number of hydrogen-bond acceptors (Lipinski definition) is 5. The van der Waals surface area contributed by atoms with Crippen molar-refractivity contribution in [3.05, 3.63) is 52.1 Å². The SMILES string of the molecule is NCc1coc(=O)n1-c1ccc([C@H]2CNCCO2)c(F)c1. The highest BCUT2D eigenvalue weighted by atomic mass is 19.1. The van der Waals surface area contributed by atoms with Crippen molar-refractivity contribution in [2.24, 2.45) is 5.73 Å². The second-order valence-corrected chi connectivity index (χ2v) is 4.80. The van der Waals surface area contributed by atoms with Gasteiger partial charge in [0, 0.05) is 25.2 Å². The molecule has 3 N–H and O–H groups in total. The van der Waals surface area contributed by atoms with Crippen LogP contribution in [0.1, 0.15) is 17.4 Å². The Bertz CT molecular complexity index is 689. The minimum Gasteiger partial charge on any atom is -0.416 e. The molecule has 6 nitrogen and oxygen atoms in total. The van der Waals surface area contributed by atoms with E-state index in [1.807, 2.05) is 0 Å². The summed E-state index contributed by atoms with van der Waals surface area (Å²) in [5.41, 5.74) is 6.89. The zero-order valence-electron chi connectivity index (χ0n) is 11.3. The number of aromatic nitrogens is 1. The Balaban J connectivity index is 1.97. The van der Waals surface area contributed by atoms with E-state index in [0.717, 1.165) is 6.54 Å². The van der Waals surface area contributed by atoms with E-state index in [2.05, 4.69) is 5.32 Å². The molecule has 0 saturated carbocycles. The van der Waals surface area contributed by atoms with Crippen molar-refractivity contribution in [1.29, 1.82) is 0 Å². The Morgan fingerprint density at radius 3 is 3.00 bits per heavy atom. The predicted molar refractivity (Wildman–Crippen MR) is 73.7 cm³/mol. The van der Waals surface area contributed by atoms with Gasteiger partial charge < -0.3 is 20.2 Å². The number of nitrogens with one attached hydrogen (secondary N) is 1. The molecule has 0 spiro atoms. The van der Waals surface area contributed by atoms with Crippen molar-refractivity contribution in [3.63, 3.8) is 0 Å². The van der Waals surface area contributed by atoms with E-state index in [1.165, 1.54) is 16.9 Å². The third kappa shape index (κ3) is 2.63. The summed E-state index contributed by atoms with van der Waals surface area (Å²) in [4.78, 5) is 11.7. The highest BCUT2D eigenvalue weighted by molar-refractivity contribution is 5.38. The molecular weight excluding hydrogens is 277 g/mol. The highest BCUT2D eigenvalue weighted by Gasteiger charge is 2.20. The average molecular weight is 293 g/mol. The maximum atomic E-state index is 14.3. The number of ether oxygens (including phenoxy) is 1. The van der Waals surface area contributed by atoms with Gasteiger partial charge in [-0.3, -0.25) is 0 Å². The van der Waals surface area contributed by atoms with E-state index in [0.29, 0.717) is 30.1 Å². The fourth-order valence-electron chi connectivity index (χ4n) is 2.43. The normalized spacial score (nSPS) is 18.9. The molecule has 112 valence electrons. The van der Waals surface area contributed by atoms with Crippen LogP contribution < -0.4 is 16.8 Å². The minimum atomic E-state index is -0.585. The van der Waals surface area contributed by atoms with Crippen LogP contribution in [-0.4, -0.2) is 24.3 Å². The molecular formula is C14H16FN3O3. The highest BCUT2D eigenvalue weighted by Crippen LogP contribution is 2.24. The third-order valence-corrected chi connectivity index (χ3v) is 3.49. The van der Waals surface area contributed by atoms with Gasteiger partial charge in [-0.15, -0.1) is 0 Å². The lowest BCUT2D eigenvalue weighted by Gasteiger charge is -2.24. The minimum absolute atomic E-state index is 0.130. The average Bonchev–Trinajstić information content (AvgIpc) is 2.89. The Labute approximate surface area is 120 Å². The van der Waals surface area contributed by atoms with Gasteiger partial charge in [0.15, 0.2) is 0 Å². The molecule has 0 aliphatic carbocycles. The van der Waals surface area contributed by atoms with Gasteiger partial charge in [-0.1, -0.05) is 6.07 Å². The second kappa shape index (κ2) is 5.80. The third-order valence-electron chi connectivity index (χ3n) is 3.49. The number of nitrogens with zero attached hydrogens (tertiary/aromatic N) is 1. The molecule has 21 heavy (non-hydrogen) atoms. The summed E-state index contributed by atoms with van der Waals surface area (Å²) in [5.74, 6) is -1.00. The van der Waals surface area contributed by atoms with Crippen molar-refractivity contribution < 1.29 is 13.5 Å².